The van der Waals surface area contributed by atoms with Crippen molar-refractivity contribution in [3.8, 4) is 17.2 Å². The first-order chi connectivity index (χ1) is 13.3. The highest BCUT2D eigenvalue weighted by molar-refractivity contribution is 6.30. The molecule has 0 spiro atoms. The van der Waals surface area contributed by atoms with Crippen LogP contribution in [0.1, 0.15) is 11.1 Å². The van der Waals surface area contributed by atoms with E-state index in [1.165, 1.54) is 5.56 Å². The molecule has 27 heavy (non-hydrogen) atoms. The van der Waals surface area contributed by atoms with Gasteiger partial charge in [-0.2, -0.15) is 0 Å². The first-order valence-corrected chi connectivity index (χ1v) is 9.24. The van der Waals surface area contributed by atoms with Crippen LogP contribution in [-0.4, -0.2) is 13.2 Å². The Balaban J connectivity index is 1.31. The number of rotatable bonds is 6. The quantitative estimate of drug-likeness (QED) is 0.628. The molecular weight excluding hydrogens is 362 g/mol. The van der Waals surface area contributed by atoms with Crippen LogP contribution >= 0.6 is 11.6 Å². The molecule has 1 aliphatic rings. The molecule has 0 aromatic heterocycles. The number of ether oxygens (including phenoxy) is 3. The first-order valence-electron chi connectivity index (χ1n) is 8.86. The number of nitrogens with one attached hydrogen (secondary N) is 1. The zero-order valence-electron chi connectivity index (χ0n) is 14.8. The number of benzene rings is 3. The monoisotopic (exact) mass is 381 g/mol. The van der Waals surface area contributed by atoms with Gasteiger partial charge in [0.1, 0.15) is 25.6 Å². The Hall–Kier alpha value is -2.85. The first kappa shape index (κ1) is 17.6. The van der Waals surface area contributed by atoms with Crippen LogP contribution in [0.2, 0.25) is 5.02 Å². The fourth-order valence-corrected chi connectivity index (χ4v) is 3.07. The van der Waals surface area contributed by atoms with Crippen LogP contribution in [0.3, 0.4) is 0 Å². The summed E-state index contributed by atoms with van der Waals surface area (Å²) < 4.78 is 17.0. The number of hydrogen-bond donors (Lipinski definition) is 1. The van der Waals surface area contributed by atoms with Gasteiger partial charge in [0.05, 0.1) is 0 Å². The van der Waals surface area contributed by atoms with E-state index in [1.807, 2.05) is 54.6 Å². The fraction of sp³-hybridized carbons (Fsp3) is 0.182. The molecule has 0 bridgehead atoms. The SMILES string of the molecule is Clc1cccc(COc2ccc(CNc3ccc4c(c3)OCCO4)cc2)c1. The second-order valence-corrected chi connectivity index (χ2v) is 6.71. The predicted octanol–water partition coefficient (Wildman–Crippen LogP) is 5.30. The topological polar surface area (TPSA) is 39.7 Å². The van der Waals surface area contributed by atoms with Crippen molar-refractivity contribution >= 4 is 17.3 Å². The summed E-state index contributed by atoms with van der Waals surface area (Å²) in [5, 5.41) is 4.12. The van der Waals surface area contributed by atoms with Crippen LogP contribution in [-0.2, 0) is 13.2 Å². The molecule has 0 unspecified atom stereocenters. The molecule has 0 radical (unpaired) electrons. The summed E-state index contributed by atoms with van der Waals surface area (Å²) in [6, 6.07) is 21.6. The third kappa shape index (κ3) is 4.66. The highest BCUT2D eigenvalue weighted by Crippen LogP contribution is 2.32. The molecule has 1 heterocycles. The summed E-state index contributed by atoms with van der Waals surface area (Å²) in [5.41, 5.74) is 3.22. The lowest BCUT2D eigenvalue weighted by Crippen LogP contribution is -2.15. The molecule has 5 heteroatoms. The number of fused-ring (bicyclic) bond motifs is 1. The van der Waals surface area contributed by atoms with Gasteiger partial charge in [0.15, 0.2) is 11.5 Å². The van der Waals surface area contributed by atoms with Crippen molar-refractivity contribution in [3.05, 3.63) is 82.9 Å². The molecule has 0 atom stereocenters. The molecular formula is C22H20ClNO3. The van der Waals surface area contributed by atoms with Gasteiger partial charge in [-0.15, -0.1) is 0 Å². The molecule has 3 aromatic rings. The molecule has 0 amide bonds. The largest absolute Gasteiger partial charge is 0.489 e. The maximum Gasteiger partial charge on any atom is 0.163 e. The van der Waals surface area contributed by atoms with Crippen LogP contribution in [0.15, 0.2) is 66.7 Å². The maximum absolute atomic E-state index is 5.99. The third-order valence-electron chi connectivity index (χ3n) is 4.26. The van der Waals surface area contributed by atoms with Crippen molar-refractivity contribution in [2.75, 3.05) is 18.5 Å². The van der Waals surface area contributed by atoms with E-state index in [0.717, 1.165) is 33.5 Å². The molecule has 1 N–H and O–H groups in total. The standard InChI is InChI=1S/C22H20ClNO3/c23-18-3-1-2-17(12-18)15-27-20-7-4-16(5-8-20)14-24-19-6-9-21-22(13-19)26-11-10-25-21/h1-9,12-13,24H,10-11,14-15H2. The zero-order valence-corrected chi connectivity index (χ0v) is 15.5. The summed E-state index contributed by atoms with van der Waals surface area (Å²) in [4.78, 5) is 0. The van der Waals surface area contributed by atoms with Crippen LogP contribution in [0.25, 0.3) is 0 Å². The minimum atomic E-state index is 0.495. The van der Waals surface area contributed by atoms with E-state index in [9.17, 15) is 0 Å². The van der Waals surface area contributed by atoms with Gasteiger partial charge in [-0.05, 0) is 47.5 Å². The lowest BCUT2D eigenvalue weighted by atomic mass is 10.2. The van der Waals surface area contributed by atoms with Gasteiger partial charge in [-0.1, -0.05) is 35.9 Å². The molecule has 4 rings (SSSR count). The van der Waals surface area contributed by atoms with Gasteiger partial charge in [0.25, 0.3) is 0 Å². The molecule has 0 saturated carbocycles. The van der Waals surface area contributed by atoms with Gasteiger partial charge < -0.3 is 19.5 Å². The smallest absolute Gasteiger partial charge is 0.163 e. The van der Waals surface area contributed by atoms with E-state index in [4.69, 9.17) is 25.8 Å². The van der Waals surface area contributed by atoms with E-state index in [0.29, 0.717) is 26.4 Å². The minimum absolute atomic E-state index is 0.495. The summed E-state index contributed by atoms with van der Waals surface area (Å²) in [6.45, 7) is 2.40. The molecule has 0 saturated heterocycles. The number of hydrogen-bond acceptors (Lipinski definition) is 4. The van der Waals surface area contributed by atoms with E-state index < -0.39 is 0 Å². The minimum Gasteiger partial charge on any atom is -0.489 e. The molecule has 3 aromatic carbocycles. The molecule has 1 aliphatic heterocycles. The summed E-state index contributed by atoms with van der Waals surface area (Å²) >= 11 is 5.99. The second-order valence-electron chi connectivity index (χ2n) is 6.27. The Morgan fingerprint density at radius 2 is 1.67 bits per heavy atom. The highest BCUT2D eigenvalue weighted by Gasteiger charge is 2.11. The Morgan fingerprint density at radius 3 is 2.48 bits per heavy atom. The summed E-state index contributed by atoms with van der Waals surface area (Å²) in [6.07, 6.45) is 0. The van der Waals surface area contributed by atoms with Crippen molar-refractivity contribution in [3.63, 3.8) is 0 Å². The predicted molar refractivity (Wildman–Crippen MR) is 107 cm³/mol. The lowest BCUT2D eigenvalue weighted by Gasteiger charge is -2.19. The van der Waals surface area contributed by atoms with Gasteiger partial charge >= 0.3 is 0 Å². The third-order valence-corrected chi connectivity index (χ3v) is 4.49. The second kappa shape index (κ2) is 8.23. The maximum atomic E-state index is 5.99. The summed E-state index contributed by atoms with van der Waals surface area (Å²) in [5.74, 6) is 2.42. The van der Waals surface area contributed by atoms with Crippen molar-refractivity contribution < 1.29 is 14.2 Å². The van der Waals surface area contributed by atoms with E-state index in [-0.39, 0.29) is 0 Å². The van der Waals surface area contributed by atoms with Gasteiger partial charge in [0, 0.05) is 23.3 Å². The Labute approximate surface area is 163 Å². The van der Waals surface area contributed by atoms with E-state index in [2.05, 4.69) is 17.4 Å². The number of halogens is 1. The molecule has 4 nitrogen and oxygen atoms in total. The van der Waals surface area contributed by atoms with Crippen molar-refractivity contribution in [1.29, 1.82) is 0 Å². The lowest BCUT2D eigenvalue weighted by molar-refractivity contribution is 0.171. The Morgan fingerprint density at radius 1 is 0.852 bits per heavy atom. The zero-order chi connectivity index (χ0) is 18.5. The van der Waals surface area contributed by atoms with Crippen LogP contribution in [0.4, 0.5) is 5.69 Å². The Kier molecular flexibility index (Phi) is 5.35. The van der Waals surface area contributed by atoms with Crippen molar-refractivity contribution in [2.24, 2.45) is 0 Å². The average molecular weight is 382 g/mol. The van der Waals surface area contributed by atoms with Gasteiger partial charge in [-0.3, -0.25) is 0 Å². The van der Waals surface area contributed by atoms with Crippen molar-refractivity contribution in [1.82, 2.24) is 0 Å². The van der Waals surface area contributed by atoms with E-state index in [1.54, 1.807) is 0 Å². The van der Waals surface area contributed by atoms with Gasteiger partial charge in [-0.25, -0.2) is 0 Å². The van der Waals surface area contributed by atoms with Crippen LogP contribution in [0, 0.1) is 0 Å². The number of anilines is 1. The van der Waals surface area contributed by atoms with E-state index >= 15 is 0 Å². The Bertz CT molecular complexity index is 912. The summed E-state index contributed by atoms with van der Waals surface area (Å²) in [7, 11) is 0. The van der Waals surface area contributed by atoms with Crippen LogP contribution < -0.4 is 19.5 Å². The highest BCUT2D eigenvalue weighted by atomic mass is 35.5. The fourth-order valence-electron chi connectivity index (χ4n) is 2.85. The van der Waals surface area contributed by atoms with Crippen LogP contribution in [0.5, 0.6) is 17.2 Å². The molecule has 0 fully saturated rings. The average Bonchev–Trinajstić information content (AvgIpc) is 2.71. The van der Waals surface area contributed by atoms with Crippen molar-refractivity contribution in [2.45, 2.75) is 13.2 Å². The molecule has 138 valence electrons. The normalized spacial score (nSPS) is 12.5. The molecule has 0 aliphatic carbocycles. The van der Waals surface area contributed by atoms with Gasteiger partial charge in [0.2, 0.25) is 0 Å².